The quantitative estimate of drug-likeness (QED) is 0.785. The summed E-state index contributed by atoms with van der Waals surface area (Å²) in [7, 11) is 1.64. The Morgan fingerprint density at radius 3 is 2.47 bits per heavy atom. The number of unbranched alkanes of at least 4 members (excludes halogenated alkanes) is 1. The van der Waals surface area contributed by atoms with Gasteiger partial charge >= 0.3 is 5.97 Å². The number of anilines is 1. The van der Waals surface area contributed by atoms with Crippen LogP contribution in [-0.2, 0) is 4.79 Å². The molecule has 1 aromatic rings. The van der Waals surface area contributed by atoms with Gasteiger partial charge in [0.05, 0.1) is 13.0 Å². The van der Waals surface area contributed by atoms with Gasteiger partial charge in [-0.15, -0.1) is 0 Å². The molecule has 0 amide bonds. The first-order valence-corrected chi connectivity index (χ1v) is 6.70. The molecule has 0 aliphatic rings. The van der Waals surface area contributed by atoms with E-state index in [1.807, 2.05) is 24.3 Å². The molecule has 4 nitrogen and oxygen atoms in total. The molecule has 0 saturated heterocycles. The van der Waals surface area contributed by atoms with Crippen LogP contribution < -0.4 is 9.64 Å². The van der Waals surface area contributed by atoms with Crippen molar-refractivity contribution in [2.24, 2.45) is 5.92 Å². The monoisotopic (exact) mass is 265 g/mol. The number of nitrogens with zero attached hydrogens (tertiary/aromatic N) is 1. The third kappa shape index (κ3) is 4.81. The van der Waals surface area contributed by atoms with Crippen molar-refractivity contribution >= 4 is 11.7 Å². The number of rotatable bonds is 8. The van der Waals surface area contributed by atoms with Crippen molar-refractivity contribution in [1.82, 2.24) is 0 Å². The van der Waals surface area contributed by atoms with Crippen LogP contribution in [0, 0.1) is 5.92 Å². The number of benzene rings is 1. The highest BCUT2D eigenvalue weighted by molar-refractivity contribution is 5.70. The van der Waals surface area contributed by atoms with Crippen molar-refractivity contribution in [3.05, 3.63) is 24.3 Å². The maximum absolute atomic E-state index is 11.0. The lowest BCUT2D eigenvalue weighted by atomic mass is 10.1. The van der Waals surface area contributed by atoms with Gasteiger partial charge in [-0.3, -0.25) is 4.79 Å². The van der Waals surface area contributed by atoms with Gasteiger partial charge in [0.15, 0.2) is 0 Å². The minimum Gasteiger partial charge on any atom is -0.497 e. The molecule has 0 heterocycles. The minimum atomic E-state index is -0.755. The molecule has 0 radical (unpaired) electrons. The molecule has 0 fully saturated rings. The standard InChI is InChI=1S/C15H23NO3/c1-4-5-10-16(11-12(2)15(17)18)13-6-8-14(19-3)9-7-13/h6-9,12H,4-5,10-11H2,1-3H3,(H,17,18). The van der Waals surface area contributed by atoms with Gasteiger partial charge in [-0.25, -0.2) is 0 Å². The van der Waals surface area contributed by atoms with Gasteiger partial charge in [-0.05, 0) is 30.7 Å². The van der Waals surface area contributed by atoms with Gasteiger partial charge in [0.1, 0.15) is 5.75 Å². The molecular formula is C15H23NO3. The van der Waals surface area contributed by atoms with E-state index < -0.39 is 5.97 Å². The van der Waals surface area contributed by atoms with E-state index in [9.17, 15) is 4.79 Å². The molecule has 0 bridgehead atoms. The van der Waals surface area contributed by atoms with E-state index in [-0.39, 0.29) is 5.92 Å². The average Bonchev–Trinajstić information content (AvgIpc) is 2.43. The van der Waals surface area contributed by atoms with Crippen molar-refractivity contribution in [1.29, 1.82) is 0 Å². The number of aliphatic carboxylic acids is 1. The van der Waals surface area contributed by atoms with Gasteiger partial charge in [-0.1, -0.05) is 20.3 Å². The fourth-order valence-electron chi connectivity index (χ4n) is 1.88. The lowest BCUT2D eigenvalue weighted by Crippen LogP contribution is -2.32. The van der Waals surface area contributed by atoms with Gasteiger partial charge in [0.2, 0.25) is 0 Å². The molecule has 0 aliphatic heterocycles. The van der Waals surface area contributed by atoms with Gasteiger partial charge in [-0.2, -0.15) is 0 Å². The Labute approximate surface area is 115 Å². The molecule has 0 saturated carbocycles. The van der Waals surface area contributed by atoms with E-state index in [4.69, 9.17) is 9.84 Å². The van der Waals surface area contributed by atoms with Crippen molar-refractivity contribution < 1.29 is 14.6 Å². The molecule has 1 N–H and O–H groups in total. The lowest BCUT2D eigenvalue weighted by molar-refractivity contribution is -0.140. The lowest BCUT2D eigenvalue weighted by Gasteiger charge is -2.26. The van der Waals surface area contributed by atoms with E-state index >= 15 is 0 Å². The minimum absolute atomic E-state index is 0.376. The third-order valence-corrected chi connectivity index (χ3v) is 3.13. The van der Waals surface area contributed by atoms with Crippen LogP contribution in [0.5, 0.6) is 5.75 Å². The summed E-state index contributed by atoms with van der Waals surface area (Å²) in [5.74, 6) is -0.320. The summed E-state index contributed by atoms with van der Waals surface area (Å²) in [6, 6.07) is 7.76. The van der Waals surface area contributed by atoms with Crippen molar-refractivity contribution in [2.45, 2.75) is 26.7 Å². The van der Waals surface area contributed by atoms with Crippen molar-refractivity contribution in [3.63, 3.8) is 0 Å². The van der Waals surface area contributed by atoms with Crippen LogP contribution >= 0.6 is 0 Å². The highest BCUT2D eigenvalue weighted by atomic mass is 16.5. The molecule has 4 heteroatoms. The van der Waals surface area contributed by atoms with E-state index in [0.29, 0.717) is 6.54 Å². The van der Waals surface area contributed by atoms with Crippen LogP contribution in [0.2, 0.25) is 0 Å². The maximum atomic E-state index is 11.0. The second-order valence-corrected chi connectivity index (χ2v) is 4.74. The number of hydrogen-bond donors (Lipinski definition) is 1. The van der Waals surface area contributed by atoms with E-state index in [2.05, 4.69) is 11.8 Å². The first kappa shape index (κ1) is 15.3. The van der Waals surface area contributed by atoms with Crippen molar-refractivity contribution in [2.75, 3.05) is 25.1 Å². The average molecular weight is 265 g/mol. The predicted octanol–water partition coefficient (Wildman–Crippen LogP) is 3.02. The Kier molecular flexibility index (Phi) is 6.19. The summed E-state index contributed by atoms with van der Waals surface area (Å²) in [6.07, 6.45) is 2.15. The van der Waals surface area contributed by atoms with Crippen LogP contribution in [0.4, 0.5) is 5.69 Å². The molecule has 1 aromatic carbocycles. The van der Waals surface area contributed by atoms with Crippen LogP contribution in [0.15, 0.2) is 24.3 Å². The molecule has 19 heavy (non-hydrogen) atoms. The van der Waals surface area contributed by atoms with E-state index in [0.717, 1.165) is 30.8 Å². The molecule has 106 valence electrons. The van der Waals surface area contributed by atoms with Crippen LogP contribution in [-0.4, -0.2) is 31.3 Å². The zero-order chi connectivity index (χ0) is 14.3. The molecule has 1 atom stereocenters. The second kappa shape index (κ2) is 7.67. The Morgan fingerprint density at radius 1 is 1.37 bits per heavy atom. The first-order valence-electron chi connectivity index (χ1n) is 6.70. The number of hydrogen-bond acceptors (Lipinski definition) is 3. The first-order chi connectivity index (χ1) is 9.08. The molecule has 1 rings (SSSR count). The molecule has 0 spiro atoms. The third-order valence-electron chi connectivity index (χ3n) is 3.13. The van der Waals surface area contributed by atoms with Crippen LogP contribution in [0.1, 0.15) is 26.7 Å². The summed E-state index contributed by atoms with van der Waals surface area (Å²) in [6.45, 7) is 5.28. The molecule has 0 aromatic heterocycles. The normalized spacial score (nSPS) is 11.9. The highest BCUT2D eigenvalue weighted by Crippen LogP contribution is 2.20. The smallest absolute Gasteiger partial charge is 0.308 e. The summed E-state index contributed by atoms with van der Waals surface area (Å²) in [4.78, 5) is 13.1. The fraction of sp³-hybridized carbons (Fsp3) is 0.533. The Morgan fingerprint density at radius 2 is 2.00 bits per heavy atom. The van der Waals surface area contributed by atoms with Gasteiger partial charge < -0.3 is 14.7 Å². The van der Waals surface area contributed by atoms with Gasteiger partial charge in [0, 0.05) is 18.8 Å². The Balaban J connectivity index is 2.78. The second-order valence-electron chi connectivity index (χ2n) is 4.74. The number of ether oxygens (including phenoxy) is 1. The highest BCUT2D eigenvalue weighted by Gasteiger charge is 2.16. The largest absolute Gasteiger partial charge is 0.497 e. The van der Waals surface area contributed by atoms with E-state index in [1.54, 1.807) is 14.0 Å². The predicted molar refractivity (Wildman–Crippen MR) is 76.9 cm³/mol. The topological polar surface area (TPSA) is 49.8 Å². The molecular weight excluding hydrogens is 242 g/mol. The van der Waals surface area contributed by atoms with E-state index in [1.165, 1.54) is 0 Å². The summed E-state index contributed by atoms with van der Waals surface area (Å²) in [5.41, 5.74) is 1.04. The number of carbonyl (C=O) groups is 1. The van der Waals surface area contributed by atoms with Crippen LogP contribution in [0.25, 0.3) is 0 Å². The zero-order valence-corrected chi connectivity index (χ0v) is 11.9. The Hall–Kier alpha value is -1.71. The summed E-state index contributed by atoms with van der Waals surface area (Å²) in [5, 5.41) is 9.04. The van der Waals surface area contributed by atoms with Crippen molar-refractivity contribution in [3.8, 4) is 5.75 Å². The number of carboxylic acid groups (broad SMARTS) is 1. The zero-order valence-electron chi connectivity index (χ0n) is 11.9. The molecule has 1 unspecified atom stereocenters. The SMILES string of the molecule is CCCCN(CC(C)C(=O)O)c1ccc(OC)cc1. The Bertz CT molecular complexity index is 389. The number of carboxylic acids is 1. The maximum Gasteiger partial charge on any atom is 0.308 e. The van der Waals surface area contributed by atoms with Crippen LogP contribution in [0.3, 0.4) is 0 Å². The molecule has 0 aliphatic carbocycles. The number of methoxy groups -OCH3 is 1. The summed E-state index contributed by atoms with van der Waals surface area (Å²) < 4.78 is 5.14. The summed E-state index contributed by atoms with van der Waals surface area (Å²) >= 11 is 0. The fourth-order valence-corrected chi connectivity index (χ4v) is 1.88. The van der Waals surface area contributed by atoms with Gasteiger partial charge in [0.25, 0.3) is 0 Å².